The molecule has 2 aromatic rings. The quantitative estimate of drug-likeness (QED) is 0.348. The van der Waals surface area contributed by atoms with Crippen LogP contribution in [-0.4, -0.2) is 9.97 Å². The minimum Gasteiger partial charge on any atom is -0.236 e. The third kappa shape index (κ3) is 6.62. The fraction of sp³-hybridized carbons (Fsp3) is 0.630. The smallest absolute Gasteiger partial charge is 0.159 e. The molecule has 0 aliphatic heterocycles. The summed E-state index contributed by atoms with van der Waals surface area (Å²) in [6.07, 6.45) is 20.0. The topological polar surface area (TPSA) is 25.8 Å². The molecular formula is C27H39FN2. The molecule has 1 fully saturated rings. The Kier molecular flexibility index (Phi) is 9.29. The van der Waals surface area contributed by atoms with Crippen molar-refractivity contribution < 1.29 is 4.39 Å². The molecule has 0 saturated heterocycles. The Morgan fingerprint density at radius 2 is 1.57 bits per heavy atom. The Balaban J connectivity index is 1.52. The third-order valence-corrected chi connectivity index (χ3v) is 6.79. The van der Waals surface area contributed by atoms with Gasteiger partial charge in [-0.1, -0.05) is 70.9 Å². The van der Waals surface area contributed by atoms with Gasteiger partial charge in [0.2, 0.25) is 0 Å². The molecule has 1 aliphatic rings. The van der Waals surface area contributed by atoms with Crippen molar-refractivity contribution in [2.45, 2.75) is 103 Å². The SMILES string of the molecule is CCCCCCCC1CCC(c2ccc(-c3ncc(CCCC)cn3)cc2F)CC1. The second kappa shape index (κ2) is 12.2. The van der Waals surface area contributed by atoms with Gasteiger partial charge < -0.3 is 0 Å². The first-order valence-electron chi connectivity index (χ1n) is 12.3. The molecule has 2 nitrogen and oxygen atoms in total. The predicted molar refractivity (Wildman–Crippen MR) is 124 cm³/mol. The van der Waals surface area contributed by atoms with E-state index in [2.05, 4.69) is 23.8 Å². The van der Waals surface area contributed by atoms with Gasteiger partial charge in [-0.05, 0) is 67.6 Å². The lowest BCUT2D eigenvalue weighted by Gasteiger charge is -2.29. The molecule has 1 aromatic heterocycles. The molecular weight excluding hydrogens is 371 g/mol. The van der Waals surface area contributed by atoms with Gasteiger partial charge in [0, 0.05) is 18.0 Å². The number of nitrogens with zero attached hydrogens (tertiary/aromatic N) is 2. The summed E-state index contributed by atoms with van der Waals surface area (Å²) in [5, 5.41) is 0. The third-order valence-electron chi connectivity index (χ3n) is 6.79. The van der Waals surface area contributed by atoms with Crippen LogP contribution >= 0.6 is 0 Å². The van der Waals surface area contributed by atoms with E-state index in [4.69, 9.17) is 0 Å². The van der Waals surface area contributed by atoms with E-state index >= 15 is 0 Å². The highest BCUT2D eigenvalue weighted by molar-refractivity contribution is 5.55. The van der Waals surface area contributed by atoms with Crippen molar-refractivity contribution >= 4 is 0 Å². The predicted octanol–water partition coefficient (Wildman–Crippen LogP) is 8.26. The summed E-state index contributed by atoms with van der Waals surface area (Å²) in [7, 11) is 0. The highest BCUT2D eigenvalue weighted by Crippen LogP contribution is 2.39. The zero-order chi connectivity index (χ0) is 21.2. The maximum atomic E-state index is 14.9. The second-order valence-electron chi connectivity index (χ2n) is 9.18. The van der Waals surface area contributed by atoms with Gasteiger partial charge in [-0.2, -0.15) is 0 Å². The molecule has 0 atom stereocenters. The van der Waals surface area contributed by atoms with Crippen molar-refractivity contribution in [3.63, 3.8) is 0 Å². The van der Waals surface area contributed by atoms with E-state index in [1.165, 1.54) is 51.4 Å². The summed E-state index contributed by atoms with van der Waals surface area (Å²) in [5.41, 5.74) is 2.82. The number of hydrogen-bond donors (Lipinski definition) is 0. The lowest BCUT2D eigenvalue weighted by molar-refractivity contribution is 0.298. The molecule has 1 aliphatic carbocycles. The minimum atomic E-state index is -0.0887. The Morgan fingerprint density at radius 1 is 0.867 bits per heavy atom. The molecule has 0 N–H and O–H groups in total. The normalized spacial score (nSPS) is 19.2. The van der Waals surface area contributed by atoms with Crippen LogP contribution in [0.4, 0.5) is 4.39 Å². The van der Waals surface area contributed by atoms with Crippen LogP contribution in [0.1, 0.15) is 108 Å². The van der Waals surface area contributed by atoms with Crippen LogP contribution in [0.3, 0.4) is 0 Å². The maximum Gasteiger partial charge on any atom is 0.159 e. The van der Waals surface area contributed by atoms with Crippen molar-refractivity contribution in [3.05, 3.63) is 47.5 Å². The molecule has 164 valence electrons. The van der Waals surface area contributed by atoms with E-state index < -0.39 is 0 Å². The Bertz CT molecular complexity index is 748. The fourth-order valence-electron chi connectivity index (χ4n) is 4.81. The summed E-state index contributed by atoms with van der Waals surface area (Å²) in [6, 6.07) is 5.62. The van der Waals surface area contributed by atoms with E-state index in [0.29, 0.717) is 11.7 Å². The highest BCUT2D eigenvalue weighted by Gasteiger charge is 2.24. The summed E-state index contributed by atoms with van der Waals surface area (Å²) in [6.45, 7) is 4.45. The molecule has 0 spiro atoms. The number of unbranched alkanes of at least 4 members (excludes halogenated alkanes) is 5. The van der Waals surface area contributed by atoms with E-state index in [9.17, 15) is 4.39 Å². The minimum absolute atomic E-state index is 0.0887. The summed E-state index contributed by atoms with van der Waals surface area (Å²) in [4.78, 5) is 8.93. The monoisotopic (exact) mass is 410 g/mol. The van der Waals surface area contributed by atoms with E-state index in [1.54, 1.807) is 6.07 Å². The first-order chi connectivity index (χ1) is 14.7. The molecule has 3 heteroatoms. The van der Waals surface area contributed by atoms with Gasteiger partial charge >= 0.3 is 0 Å². The molecule has 0 unspecified atom stereocenters. The average Bonchev–Trinajstić information content (AvgIpc) is 2.78. The van der Waals surface area contributed by atoms with E-state index in [0.717, 1.165) is 54.7 Å². The van der Waals surface area contributed by atoms with Gasteiger partial charge in [-0.3, -0.25) is 0 Å². The van der Waals surface area contributed by atoms with Crippen LogP contribution in [0.5, 0.6) is 0 Å². The zero-order valence-electron chi connectivity index (χ0n) is 19.0. The zero-order valence-corrected chi connectivity index (χ0v) is 19.0. The molecule has 3 rings (SSSR count). The molecule has 0 amide bonds. The summed E-state index contributed by atoms with van der Waals surface area (Å²) < 4.78 is 14.9. The van der Waals surface area contributed by atoms with Gasteiger partial charge in [-0.15, -0.1) is 0 Å². The van der Waals surface area contributed by atoms with Crippen molar-refractivity contribution in [2.24, 2.45) is 5.92 Å². The van der Waals surface area contributed by atoms with Crippen LogP contribution < -0.4 is 0 Å². The van der Waals surface area contributed by atoms with Gasteiger partial charge in [0.05, 0.1) is 0 Å². The van der Waals surface area contributed by atoms with Crippen LogP contribution in [0.2, 0.25) is 0 Å². The largest absolute Gasteiger partial charge is 0.236 e. The van der Waals surface area contributed by atoms with Crippen molar-refractivity contribution in [1.29, 1.82) is 0 Å². The summed E-state index contributed by atoms with van der Waals surface area (Å²) >= 11 is 0. The van der Waals surface area contributed by atoms with E-state index in [1.807, 2.05) is 24.5 Å². The number of halogens is 1. The van der Waals surface area contributed by atoms with Gasteiger partial charge in [0.1, 0.15) is 5.82 Å². The average molecular weight is 411 g/mol. The van der Waals surface area contributed by atoms with Gasteiger partial charge in [-0.25, -0.2) is 14.4 Å². The summed E-state index contributed by atoms with van der Waals surface area (Å²) in [5.74, 6) is 1.75. The Hall–Kier alpha value is -1.77. The Morgan fingerprint density at radius 3 is 2.23 bits per heavy atom. The lowest BCUT2D eigenvalue weighted by Crippen LogP contribution is -2.14. The van der Waals surface area contributed by atoms with Crippen LogP contribution in [0.25, 0.3) is 11.4 Å². The van der Waals surface area contributed by atoms with Crippen molar-refractivity contribution in [2.75, 3.05) is 0 Å². The number of aryl methyl sites for hydroxylation is 1. The maximum absolute atomic E-state index is 14.9. The van der Waals surface area contributed by atoms with Gasteiger partial charge in [0.15, 0.2) is 5.82 Å². The first-order valence-corrected chi connectivity index (χ1v) is 12.3. The first kappa shape index (κ1) is 22.9. The van der Waals surface area contributed by atoms with Crippen LogP contribution in [-0.2, 0) is 6.42 Å². The second-order valence-corrected chi connectivity index (χ2v) is 9.18. The number of benzene rings is 1. The molecule has 1 aromatic carbocycles. The van der Waals surface area contributed by atoms with Crippen LogP contribution in [0.15, 0.2) is 30.6 Å². The lowest BCUT2D eigenvalue weighted by atomic mass is 9.76. The van der Waals surface area contributed by atoms with Crippen molar-refractivity contribution in [1.82, 2.24) is 9.97 Å². The number of hydrogen-bond acceptors (Lipinski definition) is 2. The fourth-order valence-corrected chi connectivity index (χ4v) is 4.81. The van der Waals surface area contributed by atoms with E-state index in [-0.39, 0.29) is 5.82 Å². The Labute approximate surface area is 182 Å². The standard InChI is InChI=1S/C27H39FN2/c1-3-5-7-8-9-11-21-12-14-23(15-13-21)25-17-16-24(18-26(25)28)27-29-19-22(20-30-27)10-6-4-2/h16-21,23H,3-15H2,1-2H3. The number of rotatable bonds is 11. The molecule has 0 radical (unpaired) electrons. The van der Waals surface area contributed by atoms with Crippen molar-refractivity contribution in [3.8, 4) is 11.4 Å². The molecule has 1 heterocycles. The van der Waals surface area contributed by atoms with Gasteiger partial charge in [0.25, 0.3) is 0 Å². The molecule has 1 saturated carbocycles. The number of aromatic nitrogens is 2. The molecule has 30 heavy (non-hydrogen) atoms. The molecule has 0 bridgehead atoms. The van der Waals surface area contributed by atoms with Crippen LogP contribution in [0, 0.1) is 11.7 Å². The highest BCUT2D eigenvalue weighted by atomic mass is 19.1.